The van der Waals surface area contributed by atoms with Crippen LogP contribution in [0.4, 0.5) is 0 Å². The highest BCUT2D eigenvalue weighted by Gasteiger charge is 2.30. The van der Waals surface area contributed by atoms with Gasteiger partial charge in [-0.1, -0.05) is 369 Å². The average Bonchev–Trinajstić information content (AvgIpc) is 0.994. The molecule has 0 amide bonds. The van der Waals surface area contributed by atoms with Gasteiger partial charge in [0.2, 0.25) is 0 Å². The molecule has 0 radical (unpaired) electrons. The van der Waals surface area contributed by atoms with E-state index >= 15 is 0 Å². The van der Waals surface area contributed by atoms with Crippen molar-refractivity contribution in [2.45, 2.75) is 438 Å². The summed E-state index contributed by atoms with van der Waals surface area (Å²) in [5.74, 6) is -1.31. The average molecular weight is 1440 g/mol. The normalized spacial score (nSPS) is 13.9. The van der Waals surface area contributed by atoms with Gasteiger partial charge in [0.05, 0.1) is 26.4 Å². The molecule has 17 nitrogen and oxygen atoms in total. The molecule has 5 atom stereocenters. The summed E-state index contributed by atoms with van der Waals surface area (Å²) in [5, 5.41) is 10.6. The first-order valence-corrected chi connectivity index (χ1v) is 44.1. The fourth-order valence-electron chi connectivity index (χ4n) is 12.2. The minimum atomic E-state index is -4.96. The highest BCUT2D eigenvalue weighted by Crippen LogP contribution is 2.45. The molecule has 0 rings (SSSR count). The van der Waals surface area contributed by atoms with Crippen LogP contribution < -0.4 is 0 Å². The van der Waals surface area contributed by atoms with Crippen molar-refractivity contribution in [2.24, 2.45) is 5.92 Å². The summed E-state index contributed by atoms with van der Waals surface area (Å²) in [6.45, 7) is 7.35. The highest BCUT2D eigenvalue weighted by molar-refractivity contribution is 7.47. The number of carbonyl (C=O) groups is 4. The van der Waals surface area contributed by atoms with E-state index in [1.54, 1.807) is 0 Å². The Morgan fingerprint density at radius 3 is 0.694 bits per heavy atom. The summed E-state index contributed by atoms with van der Waals surface area (Å²) < 4.78 is 68.7. The molecule has 0 bridgehead atoms. The lowest BCUT2D eigenvalue weighted by molar-refractivity contribution is -0.161. The maximum absolute atomic E-state index is 13.1. The van der Waals surface area contributed by atoms with Crippen LogP contribution in [0, 0.1) is 5.92 Å². The quantitative estimate of drug-likeness (QED) is 0.0222. The number of phosphoric acid groups is 2. The Labute approximate surface area is 600 Å². The number of carbonyl (C=O) groups excluding carboxylic acids is 4. The summed E-state index contributed by atoms with van der Waals surface area (Å²) >= 11 is 0. The van der Waals surface area contributed by atoms with Crippen molar-refractivity contribution in [3.63, 3.8) is 0 Å². The maximum atomic E-state index is 13.1. The summed E-state index contributed by atoms with van der Waals surface area (Å²) in [6.07, 6.45) is 62.2. The van der Waals surface area contributed by atoms with E-state index in [0.29, 0.717) is 25.7 Å². The van der Waals surface area contributed by atoms with Crippen molar-refractivity contribution in [1.29, 1.82) is 0 Å². The molecule has 19 heteroatoms. The standard InChI is InChI=1S/C79H154O17P2/c1-6-9-12-15-18-21-24-27-29-34-38-43-48-53-58-63-77(82)90-69-75(96-79(84)65-60-55-50-45-40-35-31-30-32-36-41-46-51-56-61-72(4)5)71-94-98(87,88)92-67-73(80)66-91-97(85,86)93-70-74(68-89-76(81)62-57-52-47-42-37-26-23-20-17-14-11-8-3)95-78(83)64-59-54-49-44-39-33-28-25-22-19-16-13-10-7-2/h72-75,80H,6-71H2,1-5H3,(H,85,86)(H,87,88)/t73-,74+,75+/m0/s1. The van der Waals surface area contributed by atoms with Crippen molar-refractivity contribution in [2.75, 3.05) is 39.6 Å². The van der Waals surface area contributed by atoms with Gasteiger partial charge in [0.15, 0.2) is 12.2 Å². The van der Waals surface area contributed by atoms with E-state index in [0.717, 1.165) is 95.8 Å². The van der Waals surface area contributed by atoms with Crippen LogP contribution in [0.5, 0.6) is 0 Å². The summed E-state index contributed by atoms with van der Waals surface area (Å²) in [6, 6.07) is 0. The number of rotatable bonds is 79. The molecule has 0 saturated carbocycles. The van der Waals surface area contributed by atoms with Gasteiger partial charge in [-0.25, -0.2) is 9.13 Å². The molecule has 0 aliphatic heterocycles. The third-order valence-corrected chi connectivity index (χ3v) is 20.4. The van der Waals surface area contributed by atoms with Gasteiger partial charge in [0, 0.05) is 25.7 Å². The lowest BCUT2D eigenvalue weighted by Gasteiger charge is -2.21. The van der Waals surface area contributed by atoms with E-state index in [4.69, 9.17) is 37.0 Å². The Hall–Kier alpha value is -1.94. The molecule has 0 aromatic heterocycles. The zero-order chi connectivity index (χ0) is 71.9. The van der Waals surface area contributed by atoms with E-state index < -0.39 is 97.5 Å². The zero-order valence-corrected chi connectivity index (χ0v) is 65.7. The lowest BCUT2D eigenvalue weighted by atomic mass is 10.0. The lowest BCUT2D eigenvalue weighted by Crippen LogP contribution is -2.30. The molecule has 0 aliphatic carbocycles. The van der Waals surface area contributed by atoms with Crippen molar-refractivity contribution >= 4 is 39.5 Å². The number of ether oxygens (including phenoxy) is 4. The SMILES string of the molecule is CCCCCCCCCCCCCCCCCC(=O)OC[C@H](COP(=O)(O)OC[C@@H](O)COP(=O)(O)OC[C@@H](COC(=O)CCCCCCCCCCCCCC)OC(=O)CCCCCCCCCCCCCCCC)OC(=O)CCCCCCCCCCCCCCCCC(C)C. The molecular weight excluding hydrogens is 1280 g/mol. The molecule has 98 heavy (non-hydrogen) atoms. The van der Waals surface area contributed by atoms with Gasteiger partial charge in [-0.05, 0) is 31.6 Å². The van der Waals surface area contributed by atoms with Crippen LogP contribution in [0.25, 0.3) is 0 Å². The second kappa shape index (κ2) is 72.0. The van der Waals surface area contributed by atoms with Crippen LogP contribution in [0.3, 0.4) is 0 Å². The van der Waals surface area contributed by atoms with E-state index in [-0.39, 0.29) is 25.7 Å². The van der Waals surface area contributed by atoms with Gasteiger partial charge in [-0.15, -0.1) is 0 Å². The van der Waals surface area contributed by atoms with Crippen molar-refractivity contribution < 1.29 is 80.2 Å². The largest absolute Gasteiger partial charge is 0.472 e. The number of hydrogen-bond donors (Lipinski definition) is 3. The number of esters is 4. The number of unbranched alkanes of at least 4 members (excludes halogenated alkanes) is 51. The molecule has 0 aliphatic rings. The van der Waals surface area contributed by atoms with Crippen LogP contribution in [-0.4, -0.2) is 96.7 Å². The fourth-order valence-corrected chi connectivity index (χ4v) is 13.8. The van der Waals surface area contributed by atoms with Gasteiger partial charge in [-0.3, -0.25) is 37.3 Å². The first-order chi connectivity index (χ1) is 47.5. The highest BCUT2D eigenvalue weighted by atomic mass is 31.2. The van der Waals surface area contributed by atoms with E-state index in [1.165, 1.54) is 244 Å². The topological polar surface area (TPSA) is 237 Å². The van der Waals surface area contributed by atoms with Crippen LogP contribution in [0.1, 0.15) is 420 Å². The molecule has 0 saturated heterocycles. The summed E-state index contributed by atoms with van der Waals surface area (Å²) in [7, 11) is -9.92. The van der Waals surface area contributed by atoms with Crippen LogP contribution in [0.2, 0.25) is 0 Å². The molecule has 0 spiro atoms. The smallest absolute Gasteiger partial charge is 0.462 e. The first kappa shape index (κ1) is 96.1. The van der Waals surface area contributed by atoms with Gasteiger partial charge in [0.1, 0.15) is 19.3 Å². The van der Waals surface area contributed by atoms with Crippen molar-refractivity contribution in [1.82, 2.24) is 0 Å². The van der Waals surface area contributed by atoms with Crippen molar-refractivity contribution in [3.8, 4) is 0 Å². The molecule has 0 heterocycles. The summed E-state index contributed by atoms with van der Waals surface area (Å²) in [4.78, 5) is 73.0. The van der Waals surface area contributed by atoms with Gasteiger partial charge >= 0.3 is 39.5 Å². The van der Waals surface area contributed by atoms with E-state index in [2.05, 4.69) is 34.6 Å². The minimum Gasteiger partial charge on any atom is -0.462 e. The molecular formula is C79H154O17P2. The van der Waals surface area contributed by atoms with Gasteiger partial charge < -0.3 is 33.8 Å². The third kappa shape index (κ3) is 72.4. The first-order valence-electron chi connectivity index (χ1n) is 41.1. The monoisotopic (exact) mass is 1440 g/mol. The third-order valence-electron chi connectivity index (χ3n) is 18.5. The molecule has 0 aromatic carbocycles. The second-order valence-corrected chi connectivity index (χ2v) is 31.8. The van der Waals surface area contributed by atoms with Crippen LogP contribution in [-0.2, 0) is 65.4 Å². The molecule has 3 N–H and O–H groups in total. The van der Waals surface area contributed by atoms with Gasteiger partial charge in [0.25, 0.3) is 0 Å². The van der Waals surface area contributed by atoms with Crippen LogP contribution >= 0.6 is 15.6 Å². The Kier molecular flexibility index (Phi) is 70.6. The van der Waals surface area contributed by atoms with E-state index in [9.17, 15) is 43.2 Å². The molecule has 2 unspecified atom stereocenters. The Morgan fingerprint density at radius 1 is 0.276 bits per heavy atom. The maximum Gasteiger partial charge on any atom is 0.472 e. The predicted molar refractivity (Wildman–Crippen MR) is 400 cm³/mol. The minimum absolute atomic E-state index is 0.108. The fraction of sp³-hybridized carbons (Fsp3) is 0.949. The number of phosphoric ester groups is 2. The van der Waals surface area contributed by atoms with Crippen LogP contribution in [0.15, 0.2) is 0 Å². The summed E-state index contributed by atoms with van der Waals surface area (Å²) in [5.41, 5.74) is 0. The van der Waals surface area contributed by atoms with Gasteiger partial charge in [-0.2, -0.15) is 0 Å². The number of hydrogen-bond acceptors (Lipinski definition) is 15. The molecule has 0 fully saturated rings. The Balaban J connectivity index is 5.26. The Morgan fingerprint density at radius 2 is 0.469 bits per heavy atom. The molecule has 0 aromatic rings. The second-order valence-electron chi connectivity index (χ2n) is 28.9. The predicted octanol–water partition coefficient (Wildman–Crippen LogP) is 23.6. The van der Waals surface area contributed by atoms with E-state index in [1.807, 2.05) is 0 Å². The zero-order valence-electron chi connectivity index (χ0n) is 63.9. The Bertz CT molecular complexity index is 1870. The molecule has 582 valence electrons. The number of aliphatic hydroxyl groups is 1. The van der Waals surface area contributed by atoms with Crippen molar-refractivity contribution in [3.05, 3.63) is 0 Å². The number of aliphatic hydroxyl groups excluding tert-OH is 1.